The minimum Gasteiger partial charge on any atom is -0.456 e. The van der Waals surface area contributed by atoms with Crippen molar-refractivity contribution in [3.63, 3.8) is 0 Å². The number of nitrogens with zero attached hydrogens (tertiary/aromatic N) is 3. The van der Waals surface area contributed by atoms with Crippen LogP contribution in [0.3, 0.4) is 0 Å². The Morgan fingerprint density at radius 3 is 2.04 bits per heavy atom. The van der Waals surface area contributed by atoms with Crippen molar-refractivity contribution in [2.24, 2.45) is 9.98 Å². The Morgan fingerprint density at radius 2 is 1.18 bits per heavy atom. The lowest BCUT2D eigenvalue weighted by Gasteiger charge is -2.34. The van der Waals surface area contributed by atoms with Crippen molar-refractivity contribution in [2.45, 2.75) is 0 Å². The Hall–Kier alpha value is -7.63. The molecule has 2 heterocycles. The van der Waals surface area contributed by atoms with E-state index in [9.17, 15) is 0 Å². The average Bonchev–Trinajstić information content (AvgIpc) is 3.64. The molecule has 0 unspecified atom stereocenters. The monoisotopic (exact) mass is 716 g/mol. The van der Waals surface area contributed by atoms with Crippen molar-refractivity contribution in [3.8, 4) is 11.1 Å². The molecule has 0 bridgehead atoms. The summed E-state index contributed by atoms with van der Waals surface area (Å²) in [7, 11) is 0. The van der Waals surface area contributed by atoms with Gasteiger partial charge < -0.3 is 9.32 Å². The van der Waals surface area contributed by atoms with Crippen LogP contribution in [0.5, 0.6) is 0 Å². The Bertz CT molecular complexity index is 3280. The Morgan fingerprint density at radius 1 is 0.500 bits per heavy atom. The second kappa shape index (κ2) is 12.8. The van der Waals surface area contributed by atoms with E-state index in [2.05, 4.69) is 120 Å². The predicted molar refractivity (Wildman–Crippen MR) is 234 cm³/mol. The molecule has 1 aromatic heterocycles. The van der Waals surface area contributed by atoms with Gasteiger partial charge in [0.1, 0.15) is 11.2 Å². The number of hydrogen-bond acceptors (Lipinski definition) is 3. The maximum absolute atomic E-state index is 9.11. The number of fused-ring (bicyclic) bond motifs is 7. The van der Waals surface area contributed by atoms with Crippen LogP contribution in [0, 0.1) is 5.41 Å². The molecule has 5 nitrogen and oxygen atoms in total. The van der Waals surface area contributed by atoms with Gasteiger partial charge in [0.05, 0.1) is 17.1 Å². The molecule has 1 N–H and O–H groups in total. The Balaban J connectivity index is 1.13. The van der Waals surface area contributed by atoms with Crippen LogP contribution >= 0.6 is 0 Å². The van der Waals surface area contributed by atoms with Gasteiger partial charge in [0.25, 0.3) is 0 Å². The molecule has 11 rings (SSSR count). The first-order chi connectivity index (χ1) is 27.7. The van der Waals surface area contributed by atoms with Gasteiger partial charge in [-0.2, -0.15) is 0 Å². The van der Waals surface area contributed by atoms with Gasteiger partial charge in [-0.1, -0.05) is 140 Å². The largest absolute Gasteiger partial charge is 0.456 e. The summed E-state index contributed by atoms with van der Waals surface area (Å²) in [6.45, 7) is 0. The number of nitrogens with one attached hydrogen (secondary N) is 1. The van der Waals surface area contributed by atoms with Gasteiger partial charge in [-0.05, 0) is 69.6 Å². The molecule has 9 aromatic carbocycles. The lowest BCUT2D eigenvalue weighted by molar-refractivity contribution is 0.669. The molecule has 0 amide bonds. The van der Waals surface area contributed by atoms with E-state index >= 15 is 0 Å². The van der Waals surface area contributed by atoms with E-state index < -0.39 is 0 Å². The third-order valence-electron chi connectivity index (χ3n) is 10.9. The molecule has 0 aliphatic carbocycles. The normalized spacial score (nSPS) is 12.7. The van der Waals surface area contributed by atoms with Crippen LogP contribution in [0.25, 0.3) is 65.4 Å². The molecule has 0 radical (unpaired) electrons. The molecule has 56 heavy (non-hydrogen) atoms. The maximum Gasteiger partial charge on any atom is 0.162 e. The van der Waals surface area contributed by atoms with Gasteiger partial charge in [0.2, 0.25) is 0 Å². The minimum atomic E-state index is 0.137. The summed E-state index contributed by atoms with van der Waals surface area (Å²) in [6, 6.07) is 62.9. The van der Waals surface area contributed by atoms with E-state index in [1.807, 2.05) is 72.9 Å². The lowest BCUT2D eigenvalue weighted by atomic mass is 9.88. The van der Waals surface area contributed by atoms with Crippen molar-refractivity contribution in [3.05, 3.63) is 199 Å². The van der Waals surface area contributed by atoms with Crippen molar-refractivity contribution in [1.82, 2.24) is 0 Å². The first kappa shape index (κ1) is 31.9. The van der Waals surface area contributed by atoms with Crippen LogP contribution < -0.4 is 4.90 Å². The number of hydrogen-bond donors (Lipinski definition) is 1. The van der Waals surface area contributed by atoms with Crippen molar-refractivity contribution < 1.29 is 4.42 Å². The number of furan rings is 1. The van der Waals surface area contributed by atoms with Gasteiger partial charge in [0, 0.05) is 50.0 Å². The quantitative estimate of drug-likeness (QED) is 0.146. The summed E-state index contributed by atoms with van der Waals surface area (Å²) < 4.78 is 6.20. The summed E-state index contributed by atoms with van der Waals surface area (Å²) in [5.74, 6) is 0.585. The molecule has 262 valence electrons. The zero-order chi connectivity index (χ0) is 37.2. The molecule has 0 saturated carbocycles. The SMILES string of the molecule is N=C(/N=C(\N=C\c1cccc2oc3ccccc3c12)c1ccc(N2c3cc4ccccc4cc3-c3cccc4cccc2c34)c2ccccc12)c1ccccc1. The highest BCUT2D eigenvalue weighted by molar-refractivity contribution is 6.23. The third-order valence-corrected chi connectivity index (χ3v) is 10.9. The predicted octanol–water partition coefficient (Wildman–Crippen LogP) is 13.4. The van der Waals surface area contributed by atoms with E-state index in [0.29, 0.717) is 11.4 Å². The fourth-order valence-corrected chi connectivity index (χ4v) is 8.39. The molecule has 1 aliphatic rings. The number of amidine groups is 2. The second-order valence-corrected chi connectivity index (χ2v) is 14.1. The molecule has 0 saturated heterocycles. The van der Waals surface area contributed by atoms with Gasteiger partial charge in [0.15, 0.2) is 11.7 Å². The first-order valence-electron chi connectivity index (χ1n) is 18.7. The van der Waals surface area contributed by atoms with Crippen LogP contribution in [0.1, 0.15) is 16.7 Å². The molecular formula is C51H32N4O. The summed E-state index contributed by atoms with van der Waals surface area (Å²) >= 11 is 0. The van der Waals surface area contributed by atoms with E-state index in [1.54, 1.807) is 0 Å². The van der Waals surface area contributed by atoms with Crippen LogP contribution in [0.2, 0.25) is 0 Å². The Kier molecular flexibility index (Phi) is 7.25. The standard InChI is InChI=1S/C51H32N4O/c52-50(33-13-2-1-3-14-33)54-51(53-31-36-19-12-26-47-49(36)41-22-8-9-25-46(41)56-47)40-27-28-43(38-21-7-6-20-37(38)40)55-44-24-11-18-32-17-10-23-39(48(32)44)42-29-34-15-4-5-16-35(34)30-45(42)55/h1-31,52H/b52-50?,53-31+,54-51-. The molecule has 10 aromatic rings. The van der Waals surface area contributed by atoms with E-state index in [4.69, 9.17) is 19.8 Å². The van der Waals surface area contributed by atoms with Gasteiger partial charge >= 0.3 is 0 Å². The highest BCUT2D eigenvalue weighted by atomic mass is 16.3. The van der Waals surface area contributed by atoms with Crippen LogP contribution in [0.15, 0.2) is 196 Å². The van der Waals surface area contributed by atoms with Crippen molar-refractivity contribution in [1.29, 1.82) is 5.41 Å². The molecule has 0 spiro atoms. The molecule has 0 fully saturated rings. The summed E-state index contributed by atoms with van der Waals surface area (Å²) in [4.78, 5) is 12.5. The zero-order valence-corrected chi connectivity index (χ0v) is 30.1. The van der Waals surface area contributed by atoms with E-state index in [0.717, 1.165) is 60.9 Å². The average molecular weight is 717 g/mol. The highest BCUT2D eigenvalue weighted by Crippen LogP contribution is 2.53. The number of aliphatic imine (C=N–C) groups is 2. The molecule has 5 heteroatoms. The second-order valence-electron chi connectivity index (χ2n) is 14.1. The highest BCUT2D eigenvalue weighted by Gasteiger charge is 2.28. The van der Waals surface area contributed by atoms with Crippen LogP contribution in [-0.4, -0.2) is 17.9 Å². The third kappa shape index (κ3) is 5.06. The maximum atomic E-state index is 9.11. The number of anilines is 3. The number of benzene rings is 9. The van der Waals surface area contributed by atoms with Gasteiger partial charge in [-0.3, -0.25) is 5.41 Å². The zero-order valence-electron chi connectivity index (χ0n) is 30.1. The summed E-state index contributed by atoms with van der Waals surface area (Å²) in [5.41, 5.74) is 9.85. The van der Waals surface area contributed by atoms with Crippen LogP contribution in [0.4, 0.5) is 17.1 Å². The molecular weight excluding hydrogens is 685 g/mol. The van der Waals surface area contributed by atoms with Crippen molar-refractivity contribution >= 4 is 89.2 Å². The Labute approximate surface area is 322 Å². The van der Waals surface area contributed by atoms with Crippen LogP contribution in [-0.2, 0) is 0 Å². The molecule has 0 atom stereocenters. The lowest BCUT2D eigenvalue weighted by Crippen LogP contribution is -2.16. The van der Waals surface area contributed by atoms with Crippen molar-refractivity contribution in [2.75, 3.05) is 4.90 Å². The summed E-state index contributed by atoms with van der Waals surface area (Å²) in [5, 5.41) is 18.0. The number of rotatable bonds is 4. The number of para-hydroxylation sites is 1. The summed E-state index contributed by atoms with van der Waals surface area (Å²) in [6.07, 6.45) is 1.85. The van der Waals surface area contributed by atoms with Gasteiger partial charge in [-0.15, -0.1) is 0 Å². The van der Waals surface area contributed by atoms with Gasteiger partial charge in [-0.25, -0.2) is 9.98 Å². The topological polar surface area (TPSA) is 65.0 Å². The smallest absolute Gasteiger partial charge is 0.162 e. The molecule has 1 aliphatic heterocycles. The fourth-order valence-electron chi connectivity index (χ4n) is 8.39. The van der Waals surface area contributed by atoms with E-state index in [1.165, 1.54) is 32.7 Å². The first-order valence-corrected chi connectivity index (χ1v) is 18.7. The fraction of sp³-hybridized carbons (Fsp3) is 0. The minimum absolute atomic E-state index is 0.137. The van der Waals surface area contributed by atoms with E-state index in [-0.39, 0.29) is 5.84 Å².